The van der Waals surface area contributed by atoms with Gasteiger partial charge in [0.2, 0.25) is 0 Å². The summed E-state index contributed by atoms with van der Waals surface area (Å²) in [5.41, 5.74) is 1.54. The van der Waals surface area contributed by atoms with Crippen LogP contribution in [0.1, 0.15) is 38.6 Å². The molecule has 1 unspecified atom stereocenters. The van der Waals surface area contributed by atoms with Crippen LogP contribution >= 0.6 is 11.3 Å². The van der Waals surface area contributed by atoms with E-state index in [1.165, 1.54) is 15.8 Å². The Kier molecular flexibility index (Phi) is 5.39. The monoisotopic (exact) mass is 333 g/mol. The van der Waals surface area contributed by atoms with Crippen molar-refractivity contribution in [2.75, 3.05) is 6.61 Å². The van der Waals surface area contributed by atoms with Crippen LogP contribution in [-0.2, 0) is 4.79 Å². The number of thiophene rings is 1. The van der Waals surface area contributed by atoms with Crippen molar-refractivity contribution in [2.45, 2.75) is 26.8 Å². The van der Waals surface area contributed by atoms with Gasteiger partial charge in [0.25, 0.3) is 5.91 Å². The van der Waals surface area contributed by atoms with E-state index in [9.17, 15) is 9.59 Å². The van der Waals surface area contributed by atoms with Crippen LogP contribution < -0.4 is 10.1 Å². The van der Waals surface area contributed by atoms with E-state index in [1.54, 1.807) is 29.5 Å². The number of rotatable bonds is 6. The number of carboxylic acid groups (broad SMARTS) is 1. The average molecular weight is 333 g/mol. The largest absolute Gasteiger partial charge is 0.482 e. The van der Waals surface area contributed by atoms with E-state index < -0.39 is 12.6 Å². The maximum atomic E-state index is 12.4. The molecule has 1 aromatic heterocycles. The number of nitrogens with one attached hydrogen (secondary N) is 1. The fourth-order valence-corrected chi connectivity index (χ4v) is 3.33. The van der Waals surface area contributed by atoms with Gasteiger partial charge in [0.15, 0.2) is 6.61 Å². The van der Waals surface area contributed by atoms with Gasteiger partial charge in [0, 0.05) is 15.3 Å². The van der Waals surface area contributed by atoms with E-state index in [4.69, 9.17) is 9.84 Å². The minimum atomic E-state index is -1.06. The second-order valence-electron chi connectivity index (χ2n) is 5.27. The molecule has 1 amide bonds. The van der Waals surface area contributed by atoms with Crippen LogP contribution in [0.15, 0.2) is 30.3 Å². The highest BCUT2D eigenvalue weighted by molar-refractivity contribution is 7.12. The van der Waals surface area contributed by atoms with Crippen LogP contribution in [0.2, 0.25) is 0 Å². The second-order valence-corrected chi connectivity index (χ2v) is 6.73. The van der Waals surface area contributed by atoms with E-state index in [2.05, 4.69) is 11.4 Å². The highest BCUT2D eigenvalue weighted by atomic mass is 32.1. The number of hydrogen-bond donors (Lipinski definition) is 2. The molecule has 0 radical (unpaired) electrons. The minimum Gasteiger partial charge on any atom is -0.482 e. The molecule has 0 bridgehead atoms. The standard InChI is InChI=1S/C17H19NO4S/c1-10-7-15(12(3)23-10)11(2)18-17(21)13-5-4-6-14(8-13)22-9-16(19)20/h4-8,11H,9H2,1-3H3,(H,18,21)(H,19,20). The lowest BCUT2D eigenvalue weighted by Gasteiger charge is -2.14. The van der Waals surface area contributed by atoms with Gasteiger partial charge >= 0.3 is 5.97 Å². The van der Waals surface area contributed by atoms with Crippen LogP contribution in [0.5, 0.6) is 5.75 Å². The van der Waals surface area contributed by atoms with Crippen molar-refractivity contribution in [3.8, 4) is 5.75 Å². The highest BCUT2D eigenvalue weighted by Crippen LogP contribution is 2.26. The number of aryl methyl sites for hydroxylation is 2. The number of hydrogen-bond acceptors (Lipinski definition) is 4. The number of carbonyl (C=O) groups excluding carboxylic acids is 1. The topological polar surface area (TPSA) is 75.6 Å². The molecule has 6 heteroatoms. The molecule has 2 N–H and O–H groups in total. The average Bonchev–Trinajstić information content (AvgIpc) is 2.84. The molecule has 1 atom stereocenters. The molecule has 0 fully saturated rings. The molecule has 0 saturated carbocycles. The molecule has 23 heavy (non-hydrogen) atoms. The van der Waals surface area contributed by atoms with Gasteiger partial charge in [-0.2, -0.15) is 0 Å². The molecule has 1 aromatic carbocycles. The lowest BCUT2D eigenvalue weighted by atomic mass is 10.1. The molecule has 0 aliphatic heterocycles. The van der Waals surface area contributed by atoms with Gasteiger partial charge < -0.3 is 15.2 Å². The van der Waals surface area contributed by atoms with E-state index in [1.807, 2.05) is 20.8 Å². The van der Waals surface area contributed by atoms with Crippen LogP contribution in [0.4, 0.5) is 0 Å². The number of carboxylic acids is 1. The van der Waals surface area contributed by atoms with E-state index >= 15 is 0 Å². The summed E-state index contributed by atoms with van der Waals surface area (Å²) in [7, 11) is 0. The first-order valence-corrected chi connectivity index (χ1v) is 8.01. The number of aliphatic carboxylic acids is 1. The normalized spacial score (nSPS) is 11.8. The lowest BCUT2D eigenvalue weighted by Crippen LogP contribution is -2.26. The summed E-state index contributed by atoms with van der Waals surface area (Å²) >= 11 is 1.71. The summed E-state index contributed by atoms with van der Waals surface area (Å²) in [5, 5.41) is 11.6. The van der Waals surface area contributed by atoms with Crippen molar-refractivity contribution in [1.82, 2.24) is 5.32 Å². The Morgan fingerprint density at radius 3 is 2.65 bits per heavy atom. The fourth-order valence-electron chi connectivity index (χ4n) is 2.31. The summed E-state index contributed by atoms with van der Waals surface area (Å²) in [6.45, 7) is 5.58. The molecular weight excluding hydrogens is 314 g/mol. The Balaban J connectivity index is 2.07. The van der Waals surface area contributed by atoms with Crippen molar-refractivity contribution < 1.29 is 19.4 Å². The molecule has 0 spiro atoms. The smallest absolute Gasteiger partial charge is 0.341 e. The van der Waals surface area contributed by atoms with Gasteiger partial charge in [-0.05, 0) is 50.6 Å². The summed E-state index contributed by atoms with van der Waals surface area (Å²) < 4.78 is 5.09. The van der Waals surface area contributed by atoms with E-state index in [0.717, 1.165) is 5.56 Å². The molecule has 2 rings (SSSR count). The predicted octanol–water partition coefficient (Wildman–Crippen LogP) is 3.32. The van der Waals surface area contributed by atoms with Crippen LogP contribution in [0.3, 0.4) is 0 Å². The molecular formula is C17H19NO4S. The first-order chi connectivity index (χ1) is 10.9. The molecule has 122 valence electrons. The Labute approximate surface area is 138 Å². The maximum absolute atomic E-state index is 12.4. The van der Waals surface area contributed by atoms with Crippen molar-refractivity contribution in [2.24, 2.45) is 0 Å². The number of ether oxygens (including phenoxy) is 1. The zero-order valence-electron chi connectivity index (χ0n) is 13.3. The highest BCUT2D eigenvalue weighted by Gasteiger charge is 2.15. The first kappa shape index (κ1) is 17.0. The Morgan fingerprint density at radius 1 is 1.30 bits per heavy atom. The maximum Gasteiger partial charge on any atom is 0.341 e. The van der Waals surface area contributed by atoms with Crippen molar-refractivity contribution in [3.05, 3.63) is 51.2 Å². The SMILES string of the molecule is Cc1cc(C(C)NC(=O)c2cccc(OCC(=O)O)c2)c(C)s1. The van der Waals surface area contributed by atoms with Crippen LogP contribution in [-0.4, -0.2) is 23.6 Å². The van der Waals surface area contributed by atoms with Gasteiger partial charge in [0.1, 0.15) is 5.75 Å². The third-order valence-electron chi connectivity index (χ3n) is 3.35. The summed E-state index contributed by atoms with van der Waals surface area (Å²) in [6.07, 6.45) is 0. The van der Waals surface area contributed by atoms with Gasteiger partial charge in [-0.15, -0.1) is 11.3 Å². The lowest BCUT2D eigenvalue weighted by molar-refractivity contribution is -0.139. The van der Waals surface area contributed by atoms with E-state index in [-0.39, 0.29) is 11.9 Å². The molecule has 1 heterocycles. The third-order valence-corrected chi connectivity index (χ3v) is 4.33. The first-order valence-electron chi connectivity index (χ1n) is 7.19. The fraction of sp³-hybridized carbons (Fsp3) is 0.294. The van der Waals surface area contributed by atoms with Gasteiger partial charge in [-0.25, -0.2) is 4.79 Å². The van der Waals surface area contributed by atoms with Crippen molar-refractivity contribution >= 4 is 23.2 Å². The van der Waals surface area contributed by atoms with Gasteiger partial charge in [0.05, 0.1) is 6.04 Å². The van der Waals surface area contributed by atoms with Crippen molar-refractivity contribution in [3.63, 3.8) is 0 Å². The number of carbonyl (C=O) groups is 2. The summed E-state index contributed by atoms with van der Waals surface area (Å²) in [6, 6.07) is 8.47. The molecule has 5 nitrogen and oxygen atoms in total. The zero-order valence-corrected chi connectivity index (χ0v) is 14.1. The van der Waals surface area contributed by atoms with Crippen LogP contribution in [0, 0.1) is 13.8 Å². The van der Waals surface area contributed by atoms with Gasteiger partial charge in [-0.3, -0.25) is 4.79 Å². The van der Waals surface area contributed by atoms with Gasteiger partial charge in [-0.1, -0.05) is 6.07 Å². The zero-order chi connectivity index (χ0) is 17.0. The summed E-state index contributed by atoms with van der Waals surface area (Å²) in [5.74, 6) is -0.923. The quantitative estimate of drug-likeness (QED) is 0.850. The second kappa shape index (κ2) is 7.28. The van der Waals surface area contributed by atoms with E-state index in [0.29, 0.717) is 11.3 Å². The predicted molar refractivity (Wildman–Crippen MR) is 89.2 cm³/mol. The Bertz CT molecular complexity index is 723. The van der Waals surface area contributed by atoms with Crippen LogP contribution in [0.25, 0.3) is 0 Å². The number of benzene rings is 1. The molecule has 0 aliphatic rings. The minimum absolute atomic E-state index is 0.101. The molecule has 2 aromatic rings. The Hall–Kier alpha value is -2.34. The Morgan fingerprint density at radius 2 is 2.04 bits per heavy atom. The third kappa shape index (κ3) is 4.56. The molecule has 0 saturated heterocycles. The van der Waals surface area contributed by atoms with Crippen molar-refractivity contribution in [1.29, 1.82) is 0 Å². The number of amides is 1. The summed E-state index contributed by atoms with van der Waals surface area (Å²) in [4.78, 5) is 25.3. The molecule has 0 aliphatic carbocycles.